The van der Waals surface area contributed by atoms with Gasteiger partial charge in [-0.3, -0.25) is 4.79 Å². The third-order valence-electron chi connectivity index (χ3n) is 3.77. The third kappa shape index (κ3) is 7.23. The average molecular weight is 436 g/mol. The Morgan fingerprint density at radius 1 is 1.11 bits per heavy atom. The lowest BCUT2D eigenvalue weighted by atomic mass is 10.0. The van der Waals surface area contributed by atoms with Crippen molar-refractivity contribution >= 4 is 27.5 Å². The van der Waals surface area contributed by atoms with Crippen molar-refractivity contribution in [3.8, 4) is 11.5 Å². The van der Waals surface area contributed by atoms with Crippen LogP contribution in [0.2, 0.25) is 0 Å². The number of amides is 1. The van der Waals surface area contributed by atoms with Crippen LogP contribution in [0.1, 0.15) is 32.3 Å². The summed E-state index contributed by atoms with van der Waals surface area (Å²) in [6, 6.07) is 13.1. The molecule has 0 spiro atoms. The Morgan fingerprint density at radius 3 is 2.67 bits per heavy atom. The zero-order valence-electron chi connectivity index (χ0n) is 16.0. The summed E-state index contributed by atoms with van der Waals surface area (Å²) >= 11 is 3.47. The van der Waals surface area contributed by atoms with Crippen LogP contribution in [0.3, 0.4) is 0 Å². The maximum atomic E-state index is 12.2. The van der Waals surface area contributed by atoms with Crippen molar-refractivity contribution < 1.29 is 19.0 Å². The summed E-state index contributed by atoms with van der Waals surface area (Å²) in [4.78, 5) is 12.2. The zero-order chi connectivity index (χ0) is 19.6. The fraction of sp³-hybridized carbons (Fsp3) is 0.381. The standard InChI is InChI=1S/C21H26BrNO4/c1-4-25-10-11-26-18-7-5-6-17(13-18)23-21(24)14-27-20-9-8-16(22)12-19(20)15(2)3/h5-9,12-13,15H,4,10-11,14H2,1-3H3,(H,23,24). The number of carbonyl (C=O) groups excluding carboxylic acids is 1. The Kier molecular flexibility index (Phi) is 8.61. The first-order valence-electron chi connectivity index (χ1n) is 9.02. The second-order valence-corrected chi connectivity index (χ2v) is 7.16. The fourth-order valence-corrected chi connectivity index (χ4v) is 2.85. The van der Waals surface area contributed by atoms with Crippen LogP contribution in [0.25, 0.3) is 0 Å². The summed E-state index contributed by atoms with van der Waals surface area (Å²) in [6.07, 6.45) is 0. The number of hydrogen-bond acceptors (Lipinski definition) is 4. The minimum absolute atomic E-state index is 0.0588. The van der Waals surface area contributed by atoms with Crippen LogP contribution < -0.4 is 14.8 Å². The molecule has 0 heterocycles. The Bertz CT molecular complexity index is 749. The van der Waals surface area contributed by atoms with E-state index in [1.54, 1.807) is 6.07 Å². The van der Waals surface area contributed by atoms with E-state index in [0.717, 1.165) is 15.8 Å². The number of ether oxygens (including phenoxy) is 3. The van der Waals surface area contributed by atoms with Crippen molar-refractivity contribution in [3.05, 3.63) is 52.5 Å². The van der Waals surface area contributed by atoms with E-state index >= 15 is 0 Å². The highest BCUT2D eigenvalue weighted by Crippen LogP contribution is 2.29. The molecule has 27 heavy (non-hydrogen) atoms. The number of hydrogen-bond donors (Lipinski definition) is 1. The molecule has 0 bridgehead atoms. The number of anilines is 1. The van der Waals surface area contributed by atoms with Gasteiger partial charge in [0.1, 0.15) is 18.1 Å². The predicted octanol–water partition coefficient (Wildman–Crippen LogP) is 5.01. The van der Waals surface area contributed by atoms with Crippen LogP contribution in [-0.4, -0.2) is 32.3 Å². The molecular weight excluding hydrogens is 410 g/mol. The molecule has 0 saturated carbocycles. The summed E-state index contributed by atoms with van der Waals surface area (Å²) in [5, 5.41) is 2.83. The van der Waals surface area contributed by atoms with Crippen LogP contribution in [0.5, 0.6) is 11.5 Å². The second kappa shape index (κ2) is 10.9. The van der Waals surface area contributed by atoms with Crippen LogP contribution in [0.4, 0.5) is 5.69 Å². The van der Waals surface area contributed by atoms with E-state index in [1.807, 2.05) is 43.3 Å². The molecule has 2 rings (SSSR count). The van der Waals surface area contributed by atoms with Crippen LogP contribution >= 0.6 is 15.9 Å². The first kappa shape index (κ1) is 21.3. The summed E-state index contributed by atoms with van der Waals surface area (Å²) < 4.78 is 17.6. The minimum atomic E-state index is -0.223. The van der Waals surface area contributed by atoms with E-state index < -0.39 is 0 Å². The summed E-state index contributed by atoms with van der Waals surface area (Å²) in [6.45, 7) is 7.73. The molecule has 2 aromatic carbocycles. The average Bonchev–Trinajstić information content (AvgIpc) is 2.64. The smallest absolute Gasteiger partial charge is 0.262 e. The lowest BCUT2D eigenvalue weighted by molar-refractivity contribution is -0.118. The summed E-state index contributed by atoms with van der Waals surface area (Å²) in [7, 11) is 0. The molecular formula is C21H26BrNO4. The Balaban J connectivity index is 1.89. The molecule has 1 amide bonds. The van der Waals surface area contributed by atoms with Crippen molar-refractivity contribution in [2.45, 2.75) is 26.7 Å². The van der Waals surface area contributed by atoms with Gasteiger partial charge >= 0.3 is 0 Å². The van der Waals surface area contributed by atoms with Crippen molar-refractivity contribution in [1.82, 2.24) is 0 Å². The van der Waals surface area contributed by atoms with Gasteiger partial charge in [0, 0.05) is 22.8 Å². The number of rotatable bonds is 10. The first-order valence-corrected chi connectivity index (χ1v) is 9.81. The van der Waals surface area contributed by atoms with Gasteiger partial charge in [0.2, 0.25) is 0 Å². The lowest BCUT2D eigenvalue weighted by Crippen LogP contribution is -2.20. The topological polar surface area (TPSA) is 56.8 Å². The quantitative estimate of drug-likeness (QED) is 0.533. The van der Waals surface area contributed by atoms with Crippen LogP contribution in [0, 0.1) is 0 Å². The number of nitrogens with one attached hydrogen (secondary N) is 1. The third-order valence-corrected chi connectivity index (χ3v) is 4.26. The van der Waals surface area contributed by atoms with Gasteiger partial charge in [-0.25, -0.2) is 0 Å². The largest absolute Gasteiger partial charge is 0.491 e. The maximum absolute atomic E-state index is 12.2. The Hall–Kier alpha value is -2.05. The van der Waals surface area contributed by atoms with Gasteiger partial charge in [0.25, 0.3) is 5.91 Å². The number of carbonyl (C=O) groups is 1. The van der Waals surface area contributed by atoms with Crippen LogP contribution in [-0.2, 0) is 9.53 Å². The molecule has 0 aromatic heterocycles. The second-order valence-electron chi connectivity index (χ2n) is 6.25. The van der Waals surface area contributed by atoms with E-state index in [4.69, 9.17) is 14.2 Å². The lowest BCUT2D eigenvalue weighted by Gasteiger charge is -2.14. The van der Waals surface area contributed by atoms with E-state index in [0.29, 0.717) is 37.2 Å². The van der Waals surface area contributed by atoms with Gasteiger partial charge < -0.3 is 19.5 Å². The van der Waals surface area contributed by atoms with Gasteiger partial charge in [-0.2, -0.15) is 0 Å². The predicted molar refractivity (Wildman–Crippen MR) is 111 cm³/mol. The Morgan fingerprint density at radius 2 is 1.93 bits per heavy atom. The fourth-order valence-electron chi connectivity index (χ4n) is 2.47. The van der Waals surface area contributed by atoms with Crippen molar-refractivity contribution in [3.63, 3.8) is 0 Å². The highest BCUT2D eigenvalue weighted by Gasteiger charge is 2.11. The van der Waals surface area contributed by atoms with E-state index in [-0.39, 0.29) is 12.5 Å². The monoisotopic (exact) mass is 435 g/mol. The summed E-state index contributed by atoms with van der Waals surface area (Å²) in [5.41, 5.74) is 1.72. The molecule has 0 aliphatic heterocycles. The molecule has 1 N–H and O–H groups in total. The summed E-state index contributed by atoms with van der Waals surface area (Å²) in [5.74, 6) is 1.48. The van der Waals surface area contributed by atoms with Gasteiger partial charge in [-0.15, -0.1) is 0 Å². The number of benzene rings is 2. The SMILES string of the molecule is CCOCCOc1cccc(NC(=O)COc2ccc(Br)cc2C(C)C)c1. The maximum Gasteiger partial charge on any atom is 0.262 e. The van der Waals surface area contributed by atoms with Gasteiger partial charge in [-0.1, -0.05) is 35.8 Å². The minimum Gasteiger partial charge on any atom is -0.491 e. The van der Waals surface area contributed by atoms with Crippen molar-refractivity contribution in [2.24, 2.45) is 0 Å². The van der Waals surface area contributed by atoms with E-state index in [2.05, 4.69) is 35.1 Å². The molecule has 0 unspecified atom stereocenters. The number of halogens is 1. The van der Waals surface area contributed by atoms with Crippen molar-refractivity contribution in [1.29, 1.82) is 0 Å². The molecule has 0 atom stereocenters. The van der Waals surface area contributed by atoms with E-state index in [9.17, 15) is 4.79 Å². The van der Waals surface area contributed by atoms with Gasteiger partial charge in [0.15, 0.2) is 6.61 Å². The highest BCUT2D eigenvalue weighted by atomic mass is 79.9. The molecule has 6 heteroatoms. The molecule has 0 aliphatic rings. The van der Waals surface area contributed by atoms with Crippen molar-refractivity contribution in [2.75, 3.05) is 31.7 Å². The zero-order valence-corrected chi connectivity index (χ0v) is 17.5. The molecule has 0 fully saturated rings. The first-order chi connectivity index (χ1) is 13.0. The van der Waals surface area contributed by atoms with Crippen LogP contribution in [0.15, 0.2) is 46.9 Å². The molecule has 0 aliphatic carbocycles. The highest BCUT2D eigenvalue weighted by molar-refractivity contribution is 9.10. The Labute approximate surface area is 169 Å². The molecule has 0 radical (unpaired) electrons. The molecule has 0 saturated heterocycles. The molecule has 2 aromatic rings. The van der Waals surface area contributed by atoms with Gasteiger partial charge in [0.05, 0.1) is 6.61 Å². The van der Waals surface area contributed by atoms with E-state index in [1.165, 1.54) is 0 Å². The van der Waals surface area contributed by atoms with Gasteiger partial charge in [-0.05, 0) is 48.7 Å². The molecule has 146 valence electrons. The molecule has 5 nitrogen and oxygen atoms in total. The normalized spacial score (nSPS) is 10.7.